The molecule has 118 valence electrons. The molecule has 6 heteroatoms. The van der Waals surface area contributed by atoms with Crippen molar-refractivity contribution in [3.63, 3.8) is 0 Å². The van der Waals surface area contributed by atoms with E-state index in [1.165, 1.54) is 4.31 Å². The van der Waals surface area contributed by atoms with Crippen LogP contribution in [-0.4, -0.2) is 39.5 Å². The van der Waals surface area contributed by atoms with E-state index >= 15 is 0 Å². The second-order valence-corrected chi connectivity index (χ2v) is 6.76. The van der Waals surface area contributed by atoms with Gasteiger partial charge >= 0.3 is 0 Å². The lowest BCUT2D eigenvalue weighted by Crippen LogP contribution is -2.27. The second-order valence-electron chi connectivity index (χ2n) is 4.72. The van der Waals surface area contributed by atoms with E-state index in [0.717, 1.165) is 19.3 Å². The summed E-state index contributed by atoms with van der Waals surface area (Å²) in [5, 5.41) is 0. The zero-order valence-corrected chi connectivity index (χ0v) is 13.3. The second kappa shape index (κ2) is 8.81. The molecule has 5 nitrogen and oxygen atoms in total. The van der Waals surface area contributed by atoms with Gasteiger partial charge in [0.25, 0.3) is 0 Å². The molecular formula is C15H24N2O3S. The highest BCUT2D eigenvalue weighted by Gasteiger charge is 2.19. The molecule has 0 aliphatic rings. The van der Waals surface area contributed by atoms with Gasteiger partial charge in [0.2, 0.25) is 10.0 Å². The van der Waals surface area contributed by atoms with E-state index in [4.69, 9.17) is 10.5 Å². The molecule has 1 aromatic carbocycles. The molecule has 1 aromatic rings. The lowest BCUT2D eigenvalue weighted by Gasteiger charge is -2.17. The molecule has 0 atom stereocenters. The van der Waals surface area contributed by atoms with Gasteiger partial charge in [-0.15, -0.1) is 6.58 Å². The van der Waals surface area contributed by atoms with Crippen molar-refractivity contribution < 1.29 is 13.2 Å². The Labute approximate surface area is 127 Å². The number of nitrogens with zero attached hydrogens (tertiary/aromatic N) is 1. The van der Waals surface area contributed by atoms with Crippen LogP contribution < -0.4 is 10.5 Å². The van der Waals surface area contributed by atoms with Crippen LogP contribution in [0.4, 0.5) is 0 Å². The van der Waals surface area contributed by atoms with Gasteiger partial charge < -0.3 is 10.5 Å². The molecule has 0 saturated carbocycles. The summed E-state index contributed by atoms with van der Waals surface area (Å²) in [6.07, 6.45) is 4.12. The molecule has 0 spiro atoms. The third-order valence-electron chi connectivity index (χ3n) is 3.03. The summed E-state index contributed by atoms with van der Waals surface area (Å²) in [4.78, 5) is 0.273. The Bertz CT molecular complexity index is 526. The molecule has 1 rings (SSSR count). The first-order chi connectivity index (χ1) is 10.0. The Morgan fingerprint density at radius 2 is 1.95 bits per heavy atom. The van der Waals surface area contributed by atoms with E-state index in [1.54, 1.807) is 37.4 Å². The number of hydrogen-bond donors (Lipinski definition) is 1. The molecule has 0 aromatic heterocycles. The summed E-state index contributed by atoms with van der Waals surface area (Å²) in [5.74, 6) is 0.650. The van der Waals surface area contributed by atoms with Gasteiger partial charge in [-0.3, -0.25) is 0 Å². The van der Waals surface area contributed by atoms with Crippen LogP contribution in [0, 0.1) is 0 Å². The Hall–Kier alpha value is -1.37. The van der Waals surface area contributed by atoms with Crippen LogP contribution in [0.1, 0.15) is 19.3 Å². The van der Waals surface area contributed by atoms with Crippen LogP contribution in [0.2, 0.25) is 0 Å². The maximum Gasteiger partial charge on any atom is 0.242 e. The molecule has 0 radical (unpaired) electrons. The van der Waals surface area contributed by atoms with Crippen molar-refractivity contribution in [1.82, 2.24) is 4.31 Å². The average molecular weight is 312 g/mol. The van der Waals surface area contributed by atoms with E-state index in [9.17, 15) is 8.42 Å². The molecule has 0 amide bonds. The van der Waals surface area contributed by atoms with Crippen LogP contribution in [0.3, 0.4) is 0 Å². The highest BCUT2D eigenvalue weighted by molar-refractivity contribution is 7.89. The Kier molecular flexibility index (Phi) is 7.42. The van der Waals surface area contributed by atoms with Gasteiger partial charge in [0.1, 0.15) is 5.75 Å². The predicted octanol–water partition coefficient (Wildman–Crippen LogP) is 2.00. The molecule has 0 unspecified atom stereocenters. The number of hydrogen-bond acceptors (Lipinski definition) is 4. The van der Waals surface area contributed by atoms with Crippen molar-refractivity contribution in [1.29, 1.82) is 0 Å². The van der Waals surface area contributed by atoms with Gasteiger partial charge in [-0.2, -0.15) is 0 Å². The van der Waals surface area contributed by atoms with E-state index in [0.29, 0.717) is 25.4 Å². The molecule has 0 saturated heterocycles. The van der Waals surface area contributed by atoms with Crippen molar-refractivity contribution in [2.24, 2.45) is 5.73 Å². The molecule has 2 N–H and O–H groups in total. The summed E-state index contributed by atoms with van der Waals surface area (Å²) in [5.41, 5.74) is 5.39. The lowest BCUT2D eigenvalue weighted by molar-refractivity contribution is 0.313. The van der Waals surface area contributed by atoms with Gasteiger partial charge in [-0.05, 0) is 50.1 Å². The number of nitrogens with two attached hydrogens (primary N) is 1. The fourth-order valence-electron chi connectivity index (χ4n) is 1.74. The summed E-state index contributed by atoms with van der Waals surface area (Å²) < 4.78 is 31.5. The van der Waals surface area contributed by atoms with E-state index in [1.807, 2.05) is 0 Å². The first kappa shape index (κ1) is 17.7. The van der Waals surface area contributed by atoms with Gasteiger partial charge in [-0.25, -0.2) is 12.7 Å². The number of benzene rings is 1. The third kappa shape index (κ3) is 5.49. The van der Waals surface area contributed by atoms with Gasteiger partial charge in [-0.1, -0.05) is 6.08 Å². The minimum absolute atomic E-state index is 0.273. The maximum absolute atomic E-state index is 12.3. The summed E-state index contributed by atoms with van der Waals surface area (Å²) >= 11 is 0. The summed E-state index contributed by atoms with van der Waals surface area (Å²) in [6.45, 7) is 5.21. The van der Waals surface area contributed by atoms with Crippen molar-refractivity contribution in [3.05, 3.63) is 36.9 Å². The number of ether oxygens (including phenoxy) is 1. The smallest absolute Gasteiger partial charge is 0.242 e. The first-order valence-electron chi connectivity index (χ1n) is 7.02. The van der Waals surface area contributed by atoms with Gasteiger partial charge in [0.15, 0.2) is 0 Å². The Morgan fingerprint density at radius 3 is 2.52 bits per heavy atom. The third-order valence-corrected chi connectivity index (χ3v) is 4.90. The van der Waals surface area contributed by atoms with Gasteiger partial charge in [0, 0.05) is 13.6 Å². The Balaban J connectivity index is 2.68. The normalized spacial score (nSPS) is 11.6. The van der Waals surface area contributed by atoms with Crippen LogP contribution in [0.25, 0.3) is 0 Å². The fourth-order valence-corrected chi connectivity index (χ4v) is 2.95. The minimum Gasteiger partial charge on any atom is -0.494 e. The quantitative estimate of drug-likeness (QED) is 0.530. The summed E-state index contributed by atoms with van der Waals surface area (Å²) in [7, 11) is -1.85. The zero-order valence-electron chi connectivity index (χ0n) is 12.5. The van der Waals surface area contributed by atoms with E-state index in [-0.39, 0.29) is 4.90 Å². The molecule has 0 aliphatic heterocycles. The van der Waals surface area contributed by atoms with Crippen LogP contribution >= 0.6 is 0 Å². The van der Waals surface area contributed by atoms with Crippen molar-refractivity contribution >= 4 is 10.0 Å². The number of allylic oxidation sites excluding steroid dienone is 1. The van der Waals surface area contributed by atoms with Crippen molar-refractivity contribution in [2.45, 2.75) is 24.2 Å². The standard InChI is InChI=1S/C15H24N2O3S/c1-3-4-5-12-17(2)21(18,19)15-9-7-14(8-10-15)20-13-6-11-16/h3,7-10H,1,4-6,11-13,16H2,2H3. The fraction of sp³-hybridized carbons (Fsp3) is 0.467. The lowest BCUT2D eigenvalue weighted by atomic mass is 10.3. The van der Waals surface area contributed by atoms with E-state index in [2.05, 4.69) is 6.58 Å². The molecule has 0 aliphatic carbocycles. The maximum atomic E-state index is 12.3. The SMILES string of the molecule is C=CCCCN(C)S(=O)(=O)c1ccc(OCCCN)cc1. The predicted molar refractivity (Wildman–Crippen MR) is 84.9 cm³/mol. The van der Waals surface area contributed by atoms with Crippen LogP contribution in [-0.2, 0) is 10.0 Å². The van der Waals surface area contributed by atoms with Crippen molar-refractivity contribution in [3.8, 4) is 5.75 Å². The number of rotatable bonds is 10. The highest BCUT2D eigenvalue weighted by atomic mass is 32.2. The molecule has 0 fully saturated rings. The van der Waals surface area contributed by atoms with Gasteiger partial charge in [0.05, 0.1) is 11.5 Å². The topological polar surface area (TPSA) is 72.6 Å². The zero-order chi connectivity index (χ0) is 15.7. The van der Waals surface area contributed by atoms with Crippen LogP contribution in [0.15, 0.2) is 41.8 Å². The molecule has 21 heavy (non-hydrogen) atoms. The van der Waals surface area contributed by atoms with Crippen molar-refractivity contribution in [2.75, 3.05) is 26.7 Å². The Morgan fingerprint density at radius 1 is 1.29 bits per heavy atom. The monoisotopic (exact) mass is 312 g/mol. The largest absolute Gasteiger partial charge is 0.494 e. The number of sulfonamides is 1. The van der Waals surface area contributed by atoms with Crippen LogP contribution in [0.5, 0.6) is 5.75 Å². The number of unbranched alkanes of at least 4 members (excludes halogenated alkanes) is 1. The minimum atomic E-state index is -3.44. The molecule has 0 bridgehead atoms. The summed E-state index contributed by atoms with van der Waals surface area (Å²) in [6, 6.07) is 6.47. The molecular weight excluding hydrogens is 288 g/mol. The first-order valence-corrected chi connectivity index (χ1v) is 8.46. The average Bonchev–Trinajstić information content (AvgIpc) is 2.48. The van der Waals surface area contributed by atoms with E-state index < -0.39 is 10.0 Å². The molecule has 0 heterocycles. The highest BCUT2D eigenvalue weighted by Crippen LogP contribution is 2.19.